The lowest BCUT2D eigenvalue weighted by atomic mass is 10.0. The van der Waals surface area contributed by atoms with Crippen molar-refractivity contribution in [2.75, 3.05) is 29.6 Å². The van der Waals surface area contributed by atoms with E-state index in [1.54, 1.807) is 23.9 Å². The van der Waals surface area contributed by atoms with E-state index in [0.717, 1.165) is 23.4 Å². The van der Waals surface area contributed by atoms with Gasteiger partial charge in [0.15, 0.2) is 0 Å². The smallest absolute Gasteiger partial charge is 0.236 e. The average molecular weight is 264 g/mol. The Morgan fingerprint density at radius 2 is 2.17 bits per heavy atom. The van der Waals surface area contributed by atoms with E-state index in [9.17, 15) is 9.59 Å². The van der Waals surface area contributed by atoms with Crippen LogP contribution in [0, 0.1) is 0 Å². The molecule has 1 aliphatic rings. The summed E-state index contributed by atoms with van der Waals surface area (Å²) in [6, 6.07) is 5.72. The number of rotatable bonds is 2. The van der Waals surface area contributed by atoms with Crippen LogP contribution in [0.3, 0.4) is 0 Å². The summed E-state index contributed by atoms with van der Waals surface area (Å²) in [5, 5.41) is 0. The van der Waals surface area contributed by atoms with Crippen molar-refractivity contribution in [2.45, 2.75) is 12.8 Å². The van der Waals surface area contributed by atoms with Gasteiger partial charge >= 0.3 is 0 Å². The Morgan fingerprint density at radius 3 is 2.83 bits per heavy atom. The molecular formula is C13H16N2O2S. The molecule has 2 amide bonds. The van der Waals surface area contributed by atoms with Crippen molar-refractivity contribution in [1.82, 2.24) is 0 Å². The second kappa shape index (κ2) is 5.02. The van der Waals surface area contributed by atoms with Crippen molar-refractivity contribution in [3.05, 3.63) is 23.8 Å². The summed E-state index contributed by atoms with van der Waals surface area (Å²) in [5.74, 6) is 0.278. The van der Waals surface area contributed by atoms with E-state index in [1.165, 1.54) is 0 Å². The Kier molecular flexibility index (Phi) is 3.61. The molecule has 0 saturated carbocycles. The third-order valence-corrected chi connectivity index (χ3v) is 3.57. The summed E-state index contributed by atoms with van der Waals surface area (Å²) >= 11 is 3.99. The maximum atomic E-state index is 11.6. The normalized spacial score (nSPS) is 14.4. The lowest BCUT2D eigenvalue weighted by Crippen LogP contribution is -2.32. The van der Waals surface area contributed by atoms with E-state index >= 15 is 0 Å². The molecule has 5 heteroatoms. The highest BCUT2D eigenvalue weighted by atomic mass is 32.1. The first-order chi connectivity index (χ1) is 8.54. The minimum atomic E-state index is -0.0430. The van der Waals surface area contributed by atoms with Crippen molar-refractivity contribution >= 4 is 35.8 Å². The molecular weight excluding hydrogens is 248 g/mol. The molecule has 0 atom stereocenters. The van der Waals surface area contributed by atoms with Gasteiger partial charge in [-0.3, -0.25) is 9.59 Å². The second-order valence-electron chi connectivity index (χ2n) is 4.38. The highest BCUT2D eigenvalue weighted by molar-refractivity contribution is 7.81. The fourth-order valence-electron chi connectivity index (χ4n) is 2.10. The summed E-state index contributed by atoms with van der Waals surface area (Å²) < 4.78 is 0. The number of thiol groups is 1. The molecule has 1 aromatic carbocycles. The molecule has 0 fully saturated rings. The number of carbonyl (C=O) groups excluding carboxylic acids is 2. The molecule has 0 bridgehead atoms. The third kappa shape index (κ3) is 2.22. The van der Waals surface area contributed by atoms with Crippen molar-refractivity contribution in [2.24, 2.45) is 0 Å². The molecule has 96 valence electrons. The van der Waals surface area contributed by atoms with Gasteiger partial charge in [-0.2, -0.15) is 12.6 Å². The number of hydrogen-bond donors (Lipinski definition) is 1. The van der Waals surface area contributed by atoms with Crippen LogP contribution in [0.1, 0.15) is 12.0 Å². The summed E-state index contributed by atoms with van der Waals surface area (Å²) in [6.45, 7) is 0. The highest BCUT2D eigenvalue weighted by Gasteiger charge is 2.21. The van der Waals surface area contributed by atoms with Gasteiger partial charge in [0.1, 0.15) is 0 Å². The van der Waals surface area contributed by atoms with Crippen LogP contribution < -0.4 is 9.80 Å². The van der Waals surface area contributed by atoms with Crippen LogP contribution in [0.2, 0.25) is 0 Å². The predicted molar refractivity (Wildman–Crippen MR) is 75.4 cm³/mol. The molecule has 18 heavy (non-hydrogen) atoms. The molecule has 0 aliphatic carbocycles. The van der Waals surface area contributed by atoms with Crippen molar-refractivity contribution in [1.29, 1.82) is 0 Å². The van der Waals surface area contributed by atoms with Crippen LogP contribution in [-0.4, -0.2) is 31.7 Å². The predicted octanol–water partition coefficient (Wildman–Crippen LogP) is 1.49. The standard InChI is InChI=1S/C13H16N2O2S/c1-14(13(17)8-18)10-4-5-11-9(7-10)3-6-12(16)15(11)2/h4-5,7,18H,3,6,8H2,1-2H3. The first kappa shape index (κ1) is 13.0. The maximum Gasteiger partial charge on any atom is 0.236 e. The number of benzene rings is 1. The lowest BCUT2D eigenvalue weighted by molar-refractivity contribution is -0.118. The van der Waals surface area contributed by atoms with Crippen molar-refractivity contribution in [3.63, 3.8) is 0 Å². The quantitative estimate of drug-likeness (QED) is 0.822. The molecule has 0 radical (unpaired) electrons. The van der Waals surface area contributed by atoms with Crippen LogP contribution in [0.5, 0.6) is 0 Å². The molecule has 1 aliphatic heterocycles. The minimum absolute atomic E-state index is 0.0430. The molecule has 0 N–H and O–H groups in total. The van der Waals surface area contributed by atoms with E-state index in [1.807, 2.05) is 18.2 Å². The number of carbonyl (C=O) groups is 2. The fraction of sp³-hybridized carbons (Fsp3) is 0.385. The van der Waals surface area contributed by atoms with Gasteiger partial charge in [-0.25, -0.2) is 0 Å². The van der Waals surface area contributed by atoms with E-state index in [0.29, 0.717) is 6.42 Å². The van der Waals surface area contributed by atoms with Gasteiger partial charge in [-0.15, -0.1) is 0 Å². The van der Waals surface area contributed by atoms with Crippen LogP contribution in [0.25, 0.3) is 0 Å². The second-order valence-corrected chi connectivity index (χ2v) is 4.69. The lowest BCUT2D eigenvalue weighted by Gasteiger charge is -2.27. The Hall–Kier alpha value is -1.49. The third-order valence-electron chi connectivity index (χ3n) is 3.30. The number of nitrogens with zero attached hydrogens (tertiary/aromatic N) is 2. The van der Waals surface area contributed by atoms with Gasteiger partial charge in [-0.05, 0) is 30.2 Å². The fourth-order valence-corrected chi connectivity index (χ4v) is 2.31. The van der Waals surface area contributed by atoms with Crippen molar-refractivity contribution < 1.29 is 9.59 Å². The average Bonchev–Trinajstić information content (AvgIpc) is 2.41. The van der Waals surface area contributed by atoms with Crippen LogP contribution in [-0.2, 0) is 16.0 Å². The Morgan fingerprint density at radius 1 is 1.44 bits per heavy atom. The Labute approximate surface area is 112 Å². The molecule has 1 aromatic rings. The summed E-state index contributed by atoms with van der Waals surface area (Å²) in [7, 11) is 3.51. The summed E-state index contributed by atoms with van der Waals surface area (Å²) in [4.78, 5) is 26.4. The van der Waals surface area contributed by atoms with Gasteiger partial charge in [0.25, 0.3) is 0 Å². The zero-order valence-corrected chi connectivity index (χ0v) is 11.4. The largest absolute Gasteiger partial charge is 0.315 e. The van der Waals surface area contributed by atoms with Gasteiger partial charge in [0, 0.05) is 31.9 Å². The molecule has 2 rings (SSSR count). The SMILES string of the molecule is CN(C(=O)CS)c1ccc2c(c1)CCC(=O)N2C. The topological polar surface area (TPSA) is 40.6 Å². The van der Waals surface area contributed by atoms with E-state index in [2.05, 4.69) is 12.6 Å². The number of hydrogen-bond acceptors (Lipinski definition) is 3. The van der Waals surface area contributed by atoms with Gasteiger partial charge in [-0.1, -0.05) is 0 Å². The van der Waals surface area contributed by atoms with E-state index in [4.69, 9.17) is 0 Å². The highest BCUT2D eigenvalue weighted by Crippen LogP contribution is 2.30. The minimum Gasteiger partial charge on any atom is -0.315 e. The number of amides is 2. The number of anilines is 2. The maximum absolute atomic E-state index is 11.6. The Balaban J connectivity index is 2.33. The first-order valence-electron chi connectivity index (χ1n) is 5.81. The molecule has 0 unspecified atom stereocenters. The zero-order chi connectivity index (χ0) is 13.3. The van der Waals surface area contributed by atoms with Crippen molar-refractivity contribution in [3.8, 4) is 0 Å². The number of fused-ring (bicyclic) bond motifs is 1. The monoisotopic (exact) mass is 264 g/mol. The summed E-state index contributed by atoms with van der Waals surface area (Å²) in [6.07, 6.45) is 1.26. The van der Waals surface area contributed by atoms with Crippen LogP contribution >= 0.6 is 12.6 Å². The van der Waals surface area contributed by atoms with Gasteiger partial charge in [0.2, 0.25) is 11.8 Å². The molecule has 4 nitrogen and oxygen atoms in total. The van der Waals surface area contributed by atoms with E-state index < -0.39 is 0 Å². The molecule has 1 heterocycles. The first-order valence-corrected chi connectivity index (χ1v) is 6.44. The Bertz CT molecular complexity index is 502. The van der Waals surface area contributed by atoms with E-state index in [-0.39, 0.29) is 17.6 Å². The van der Waals surface area contributed by atoms with Gasteiger partial charge < -0.3 is 9.80 Å². The number of aryl methyl sites for hydroxylation is 1. The molecule has 0 spiro atoms. The molecule has 0 aromatic heterocycles. The molecule has 0 saturated heterocycles. The summed E-state index contributed by atoms with van der Waals surface area (Å²) in [5.41, 5.74) is 2.88. The van der Waals surface area contributed by atoms with Crippen LogP contribution in [0.15, 0.2) is 18.2 Å². The van der Waals surface area contributed by atoms with Crippen LogP contribution in [0.4, 0.5) is 11.4 Å². The van der Waals surface area contributed by atoms with Gasteiger partial charge in [0.05, 0.1) is 5.75 Å². The zero-order valence-electron chi connectivity index (χ0n) is 10.5.